The zero-order chi connectivity index (χ0) is 13.9. The fraction of sp³-hybridized carbons (Fsp3) is 0.385. The first-order chi connectivity index (χ1) is 9.76. The minimum absolute atomic E-state index is 0.116. The van der Waals surface area contributed by atoms with Gasteiger partial charge in [-0.15, -0.1) is 0 Å². The van der Waals surface area contributed by atoms with Crippen molar-refractivity contribution in [2.24, 2.45) is 5.92 Å². The average Bonchev–Trinajstić information content (AvgIpc) is 3.08. The van der Waals surface area contributed by atoms with Crippen molar-refractivity contribution in [3.8, 4) is 11.4 Å². The number of nitrogens with zero attached hydrogens (tertiary/aromatic N) is 4. The second-order valence-electron chi connectivity index (χ2n) is 4.78. The Morgan fingerprint density at radius 1 is 1.50 bits per heavy atom. The molecule has 20 heavy (non-hydrogen) atoms. The lowest BCUT2D eigenvalue weighted by atomic mass is 10.1. The van der Waals surface area contributed by atoms with Gasteiger partial charge in [0.05, 0.1) is 6.54 Å². The van der Waals surface area contributed by atoms with Gasteiger partial charge in [-0.3, -0.25) is 9.78 Å². The van der Waals surface area contributed by atoms with Crippen LogP contribution in [0.4, 0.5) is 0 Å². The van der Waals surface area contributed by atoms with Crippen molar-refractivity contribution in [3.05, 3.63) is 30.4 Å². The Kier molecular flexibility index (Phi) is 3.68. The molecule has 104 valence electrons. The second-order valence-corrected chi connectivity index (χ2v) is 5.15. The van der Waals surface area contributed by atoms with Gasteiger partial charge in [0.25, 0.3) is 0 Å². The molecule has 1 amide bonds. The molecule has 0 spiro atoms. The highest BCUT2D eigenvalue weighted by Crippen LogP contribution is 2.21. The summed E-state index contributed by atoms with van der Waals surface area (Å²) in [4.78, 5) is 21.9. The van der Waals surface area contributed by atoms with Crippen LogP contribution >= 0.6 is 12.6 Å². The molecule has 1 aliphatic heterocycles. The van der Waals surface area contributed by atoms with E-state index in [1.165, 1.54) is 0 Å². The van der Waals surface area contributed by atoms with Gasteiger partial charge in [-0.1, -0.05) is 5.16 Å². The summed E-state index contributed by atoms with van der Waals surface area (Å²) in [6.45, 7) is 1.06. The molecule has 1 atom stereocenters. The van der Waals surface area contributed by atoms with Crippen LogP contribution in [0.15, 0.2) is 29.0 Å². The number of pyridine rings is 1. The standard InChI is InChI=1S/C13H14N4O2S/c18-12-4-9(8-20)6-17(12)7-11-15-13(16-19-11)10-2-1-3-14-5-10/h1-3,5,9,20H,4,6-8H2. The Hall–Kier alpha value is -1.89. The molecular weight excluding hydrogens is 276 g/mol. The number of hydrogen-bond donors (Lipinski definition) is 1. The van der Waals surface area contributed by atoms with Crippen molar-refractivity contribution in [2.75, 3.05) is 12.3 Å². The predicted octanol–water partition coefficient (Wildman–Crippen LogP) is 1.41. The van der Waals surface area contributed by atoms with E-state index in [0.717, 1.165) is 5.56 Å². The molecule has 0 bridgehead atoms. The molecule has 0 N–H and O–H groups in total. The lowest BCUT2D eigenvalue weighted by Gasteiger charge is -2.12. The maximum atomic E-state index is 11.8. The van der Waals surface area contributed by atoms with E-state index < -0.39 is 0 Å². The molecule has 3 heterocycles. The highest BCUT2D eigenvalue weighted by Gasteiger charge is 2.29. The monoisotopic (exact) mass is 290 g/mol. The van der Waals surface area contributed by atoms with Crippen LogP contribution < -0.4 is 0 Å². The van der Waals surface area contributed by atoms with E-state index in [1.807, 2.05) is 12.1 Å². The fourth-order valence-electron chi connectivity index (χ4n) is 2.22. The Balaban J connectivity index is 1.71. The molecule has 6 nitrogen and oxygen atoms in total. The topological polar surface area (TPSA) is 72.1 Å². The fourth-order valence-corrected chi connectivity index (χ4v) is 2.47. The number of likely N-dealkylation sites (tertiary alicyclic amines) is 1. The SMILES string of the molecule is O=C1CC(CS)CN1Cc1nc(-c2cccnc2)no1. The molecule has 2 aromatic rings. The van der Waals surface area contributed by atoms with Crippen LogP contribution in [0, 0.1) is 5.92 Å². The predicted molar refractivity (Wildman–Crippen MR) is 74.9 cm³/mol. The molecule has 0 saturated carbocycles. The van der Waals surface area contributed by atoms with E-state index in [1.54, 1.807) is 17.3 Å². The van der Waals surface area contributed by atoms with Crippen molar-refractivity contribution in [1.82, 2.24) is 20.0 Å². The molecule has 7 heteroatoms. The third-order valence-corrected chi connectivity index (χ3v) is 3.78. The summed E-state index contributed by atoms with van der Waals surface area (Å²) < 4.78 is 5.20. The summed E-state index contributed by atoms with van der Waals surface area (Å²) in [7, 11) is 0. The molecule has 1 aliphatic rings. The number of carbonyl (C=O) groups is 1. The molecule has 1 unspecified atom stereocenters. The molecule has 3 rings (SSSR count). The first-order valence-electron chi connectivity index (χ1n) is 6.38. The number of carbonyl (C=O) groups excluding carboxylic acids is 1. The summed E-state index contributed by atoms with van der Waals surface area (Å²) in [5.41, 5.74) is 0.795. The van der Waals surface area contributed by atoms with Gasteiger partial charge in [-0.05, 0) is 23.8 Å². The number of aromatic nitrogens is 3. The largest absolute Gasteiger partial charge is 0.337 e. The van der Waals surface area contributed by atoms with E-state index in [2.05, 4.69) is 27.8 Å². The van der Waals surface area contributed by atoms with Crippen molar-refractivity contribution in [3.63, 3.8) is 0 Å². The van der Waals surface area contributed by atoms with Gasteiger partial charge >= 0.3 is 0 Å². The van der Waals surface area contributed by atoms with Gasteiger partial charge in [-0.2, -0.15) is 17.6 Å². The van der Waals surface area contributed by atoms with Crippen LogP contribution in [0.3, 0.4) is 0 Å². The minimum atomic E-state index is 0.116. The van der Waals surface area contributed by atoms with Crippen LogP contribution in [0.2, 0.25) is 0 Å². The number of amides is 1. The lowest BCUT2D eigenvalue weighted by molar-refractivity contribution is -0.128. The van der Waals surface area contributed by atoms with E-state index in [4.69, 9.17) is 4.52 Å². The Labute approximate surface area is 121 Å². The molecule has 0 aromatic carbocycles. The van der Waals surface area contributed by atoms with Crippen LogP contribution in [-0.2, 0) is 11.3 Å². The van der Waals surface area contributed by atoms with E-state index >= 15 is 0 Å². The van der Waals surface area contributed by atoms with Crippen molar-refractivity contribution < 1.29 is 9.32 Å². The van der Waals surface area contributed by atoms with Gasteiger partial charge < -0.3 is 9.42 Å². The van der Waals surface area contributed by atoms with Crippen LogP contribution in [-0.4, -0.2) is 38.2 Å². The molecule has 1 saturated heterocycles. The molecule has 2 aromatic heterocycles. The number of rotatable bonds is 4. The highest BCUT2D eigenvalue weighted by molar-refractivity contribution is 7.80. The van der Waals surface area contributed by atoms with Gasteiger partial charge in [0.2, 0.25) is 17.6 Å². The van der Waals surface area contributed by atoms with Crippen LogP contribution in [0.5, 0.6) is 0 Å². The van der Waals surface area contributed by atoms with Crippen molar-refractivity contribution in [1.29, 1.82) is 0 Å². The summed E-state index contributed by atoms with van der Waals surface area (Å²) in [6, 6.07) is 3.67. The number of hydrogen-bond acceptors (Lipinski definition) is 6. The summed E-state index contributed by atoms with van der Waals surface area (Å²) in [6.07, 6.45) is 3.91. The highest BCUT2D eigenvalue weighted by atomic mass is 32.1. The maximum absolute atomic E-state index is 11.8. The smallest absolute Gasteiger partial charge is 0.246 e. The second kappa shape index (κ2) is 5.62. The molecular formula is C13H14N4O2S. The lowest BCUT2D eigenvalue weighted by Crippen LogP contribution is -2.24. The molecule has 0 aliphatic carbocycles. The Morgan fingerprint density at radius 3 is 3.10 bits per heavy atom. The zero-order valence-corrected chi connectivity index (χ0v) is 11.7. The van der Waals surface area contributed by atoms with E-state index in [9.17, 15) is 4.79 Å². The average molecular weight is 290 g/mol. The normalized spacial score (nSPS) is 18.8. The Bertz CT molecular complexity index is 601. The van der Waals surface area contributed by atoms with Crippen LogP contribution in [0.1, 0.15) is 12.3 Å². The summed E-state index contributed by atoms with van der Waals surface area (Å²) >= 11 is 4.24. The third kappa shape index (κ3) is 2.67. The van der Waals surface area contributed by atoms with Gasteiger partial charge in [0.15, 0.2) is 0 Å². The van der Waals surface area contributed by atoms with Gasteiger partial charge in [-0.25, -0.2) is 0 Å². The minimum Gasteiger partial charge on any atom is -0.337 e. The zero-order valence-electron chi connectivity index (χ0n) is 10.8. The maximum Gasteiger partial charge on any atom is 0.246 e. The third-order valence-electron chi connectivity index (χ3n) is 3.27. The van der Waals surface area contributed by atoms with E-state index in [0.29, 0.717) is 42.9 Å². The first-order valence-corrected chi connectivity index (χ1v) is 7.01. The quantitative estimate of drug-likeness (QED) is 0.862. The number of thiol groups is 1. The summed E-state index contributed by atoms with van der Waals surface area (Å²) in [5.74, 6) is 2.08. The molecule has 1 fully saturated rings. The van der Waals surface area contributed by atoms with Crippen molar-refractivity contribution in [2.45, 2.75) is 13.0 Å². The van der Waals surface area contributed by atoms with Gasteiger partial charge in [0.1, 0.15) is 0 Å². The van der Waals surface area contributed by atoms with Crippen LogP contribution in [0.25, 0.3) is 11.4 Å². The Morgan fingerprint density at radius 2 is 2.40 bits per heavy atom. The summed E-state index contributed by atoms with van der Waals surface area (Å²) in [5, 5.41) is 3.91. The first kappa shape index (κ1) is 13.1. The van der Waals surface area contributed by atoms with Gasteiger partial charge in [0, 0.05) is 30.9 Å². The van der Waals surface area contributed by atoms with E-state index in [-0.39, 0.29) is 5.91 Å². The van der Waals surface area contributed by atoms with Crippen molar-refractivity contribution >= 4 is 18.5 Å². The molecule has 0 radical (unpaired) electrons.